The van der Waals surface area contributed by atoms with Crippen LogP contribution in [0.25, 0.3) is 0 Å². The maximum absolute atomic E-state index is 12.7. The third kappa shape index (κ3) is 5.63. The average Bonchev–Trinajstić information content (AvgIpc) is 2.63. The van der Waals surface area contributed by atoms with Crippen molar-refractivity contribution in [3.05, 3.63) is 48.0 Å². The van der Waals surface area contributed by atoms with E-state index < -0.39 is 16.0 Å². The van der Waals surface area contributed by atoms with E-state index in [1.807, 2.05) is 13.8 Å². The molecule has 0 aliphatic carbocycles. The van der Waals surface area contributed by atoms with Gasteiger partial charge in [-0.3, -0.25) is 4.72 Å². The van der Waals surface area contributed by atoms with E-state index in [9.17, 15) is 13.2 Å². The summed E-state index contributed by atoms with van der Waals surface area (Å²) in [5.74, 6) is 0.331. The van der Waals surface area contributed by atoms with Crippen molar-refractivity contribution in [3.63, 3.8) is 0 Å². The Bertz CT molecular complexity index is 907. The van der Waals surface area contributed by atoms with Crippen molar-refractivity contribution in [2.24, 2.45) is 0 Å². The van der Waals surface area contributed by atoms with Crippen LogP contribution in [0.1, 0.15) is 38.1 Å². The number of carbonyl (C=O) groups is 1. The zero-order valence-corrected chi connectivity index (χ0v) is 17.2. The largest absolute Gasteiger partial charge is 0.492 e. The highest BCUT2D eigenvalue weighted by Crippen LogP contribution is 2.29. The first-order chi connectivity index (χ1) is 13.3. The Hall–Kier alpha value is -2.74. The molecule has 8 heteroatoms. The Morgan fingerprint density at radius 2 is 1.71 bits per heavy atom. The number of hydrogen-bond acceptors (Lipinski definition) is 6. The van der Waals surface area contributed by atoms with Crippen molar-refractivity contribution in [3.8, 4) is 11.5 Å². The Balaban J connectivity index is 2.28. The normalized spacial score (nSPS) is 11.2. The minimum absolute atomic E-state index is 0.00718. The van der Waals surface area contributed by atoms with Gasteiger partial charge in [-0.2, -0.15) is 0 Å². The molecule has 1 N–H and O–H groups in total. The fraction of sp³-hybridized carbons (Fsp3) is 0.350. The number of anilines is 1. The maximum Gasteiger partial charge on any atom is 0.338 e. The molecule has 7 nitrogen and oxygen atoms in total. The lowest BCUT2D eigenvalue weighted by molar-refractivity contribution is 0.0526. The first kappa shape index (κ1) is 21.6. The summed E-state index contributed by atoms with van der Waals surface area (Å²) in [4.78, 5) is 12.0. The lowest BCUT2D eigenvalue weighted by atomic mass is 10.2. The van der Waals surface area contributed by atoms with Crippen molar-refractivity contribution < 1.29 is 27.4 Å². The predicted octanol–water partition coefficient (Wildman–Crippen LogP) is 3.85. The monoisotopic (exact) mass is 407 g/mol. The average molecular weight is 407 g/mol. The van der Waals surface area contributed by atoms with Crippen LogP contribution in [0.5, 0.6) is 11.5 Å². The van der Waals surface area contributed by atoms with E-state index in [2.05, 4.69) is 4.72 Å². The van der Waals surface area contributed by atoms with Gasteiger partial charge in [-0.25, -0.2) is 13.2 Å². The summed E-state index contributed by atoms with van der Waals surface area (Å²) in [5, 5.41) is 0. The van der Waals surface area contributed by atoms with Gasteiger partial charge in [-0.1, -0.05) is 0 Å². The van der Waals surface area contributed by atoms with Gasteiger partial charge in [0.15, 0.2) is 0 Å². The number of sulfonamides is 1. The Morgan fingerprint density at radius 3 is 2.29 bits per heavy atom. The molecule has 2 aromatic rings. The summed E-state index contributed by atoms with van der Waals surface area (Å²) in [6, 6.07) is 10.5. The molecule has 2 aromatic carbocycles. The molecule has 0 aliphatic heterocycles. The molecule has 0 radical (unpaired) electrons. The zero-order chi connectivity index (χ0) is 20.7. The van der Waals surface area contributed by atoms with Crippen molar-refractivity contribution in [1.82, 2.24) is 0 Å². The van der Waals surface area contributed by atoms with Crippen LogP contribution in [-0.4, -0.2) is 33.7 Å². The summed E-state index contributed by atoms with van der Waals surface area (Å²) < 4.78 is 43.9. The number of benzene rings is 2. The fourth-order valence-electron chi connectivity index (χ4n) is 2.40. The molecule has 2 rings (SSSR count). The van der Waals surface area contributed by atoms with Gasteiger partial charge < -0.3 is 14.2 Å². The molecule has 0 bridgehead atoms. The second-order valence-corrected chi connectivity index (χ2v) is 7.79. The van der Waals surface area contributed by atoms with E-state index in [1.54, 1.807) is 26.0 Å². The first-order valence-electron chi connectivity index (χ1n) is 9.00. The van der Waals surface area contributed by atoms with E-state index in [0.29, 0.717) is 12.4 Å². The summed E-state index contributed by atoms with van der Waals surface area (Å²) in [6.45, 7) is 7.81. The summed E-state index contributed by atoms with van der Waals surface area (Å²) in [5.41, 5.74) is 0.515. The molecule has 0 heterocycles. The molecular formula is C20H25NO6S. The first-order valence-corrected chi connectivity index (χ1v) is 10.5. The van der Waals surface area contributed by atoms with Gasteiger partial charge in [-0.15, -0.1) is 0 Å². The molecule has 0 spiro atoms. The number of carbonyl (C=O) groups excluding carboxylic acids is 1. The molecule has 0 fully saturated rings. The third-order valence-electron chi connectivity index (χ3n) is 3.54. The fourth-order valence-corrected chi connectivity index (χ4v) is 3.47. The van der Waals surface area contributed by atoms with Crippen molar-refractivity contribution in [2.45, 2.75) is 38.7 Å². The van der Waals surface area contributed by atoms with Crippen LogP contribution in [0.4, 0.5) is 5.69 Å². The second kappa shape index (κ2) is 9.45. The zero-order valence-electron chi connectivity index (χ0n) is 16.4. The highest BCUT2D eigenvalue weighted by atomic mass is 32.2. The van der Waals surface area contributed by atoms with Crippen LogP contribution in [0.3, 0.4) is 0 Å². The van der Waals surface area contributed by atoms with Crippen LogP contribution in [-0.2, 0) is 14.8 Å². The minimum atomic E-state index is -3.84. The number of nitrogens with one attached hydrogen (secondary N) is 1. The Kier molecular flexibility index (Phi) is 7.28. The maximum atomic E-state index is 12.7. The molecule has 0 saturated carbocycles. The Labute approximate surface area is 165 Å². The predicted molar refractivity (Wildman–Crippen MR) is 107 cm³/mol. The molecule has 152 valence electrons. The number of esters is 1. The molecule has 0 aromatic heterocycles. The number of rotatable bonds is 9. The number of ether oxygens (including phenoxy) is 3. The lowest BCUT2D eigenvalue weighted by Gasteiger charge is -2.15. The molecule has 0 unspecified atom stereocenters. The van der Waals surface area contributed by atoms with Crippen LogP contribution in [0, 0.1) is 0 Å². The van der Waals surface area contributed by atoms with Gasteiger partial charge in [0, 0.05) is 0 Å². The van der Waals surface area contributed by atoms with Crippen LogP contribution in [0.15, 0.2) is 47.4 Å². The van der Waals surface area contributed by atoms with Gasteiger partial charge in [0.05, 0.1) is 35.5 Å². The minimum Gasteiger partial charge on any atom is -0.492 e. The van der Waals surface area contributed by atoms with Gasteiger partial charge in [0.1, 0.15) is 11.5 Å². The van der Waals surface area contributed by atoms with Crippen molar-refractivity contribution >= 4 is 21.7 Å². The second-order valence-electron chi connectivity index (χ2n) is 6.11. The summed E-state index contributed by atoms with van der Waals surface area (Å²) in [6.07, 6.45) is -0.00718. The molecule has 0 atom stereocenters. The van der Waals surface area contributed by atoms with Gasteiger partial charge in [0.25, 0.3) is 10.0 Å². The third-order valence-corrected chi connectivity index (χ3v) is 4.92. The molecular weight excluding hydrogens is 382 g/mol. The SMILES string of the molecule is CCOC(=O)c1ccc(NS(=O)(=O)c2ccc(OC(C)C)cc2)c(OCC)c1. The van der Waals surface area contributed by atoms with Crippen LogP contribution in [0.2, 0.25) is 0 Å². The van der Waals surface area contributed by atoms with Gasteiger partial charge in [0.2, 0.25) is 0 Å². The van der Waals surface area contributed by atoms with E-state index in [1.165, 1.54) is 30.3 Å². The number of hydrogen-bond donors (Lipinski definition) is 1. The van der Waals surface area contributed by atoms with E-state index in [4.69, 9.17) is 14.2 Å². The smallest absolute Gasteiger partial charge is 0.338 e. The highest BCUT2D eigenvalue weighted by molar-refractivity contribution is 7.92. The van der Waals surface area contributed by atoms with E-state index in [-0.39, 0.29) is 34.6 Å². The highest BCUT2D eigenvalue weighted by Gasteiger charge is 2.19. The van der Waals surface area contributed by atoms with Crippen molar-refractivity contribution in [2.75, 3.05) is 17.9 Å². The molecule has 0 aliphatic rings. The quantitative estimate of drug-likeness (QED) is 0.635. The van der Waals surface area contributed by atoms with Crippen LogP contribution >= 0.6 is 0 Å². The topological polar surface area (TPSA) is 90.9 Å². The standard InChI is InChI=1S/C20H25NO6S/c1-5-25-19-13-15(20(22)26-6-2)7-12-18(19)21-28(23,24)17-10-8-16(9-11-17)27-14(3)4/h7-14,21H,5-6H2,1-4H3. The van der Waals surface area contributed by atoms with Crippen molar-refractivity contribution in [1.29, 1.82) is 0 Å². The van der Waals surface area contributed by atoms with Crippen LogP contribution < -0.4 is 14.2 Å². The van der Waals surface area contributed by atoms with E-state index >= 15 is 0 Å². The summed E-state index contributed by atoms with van der Waals surface area (Å²) in [7, 11) is -3.84. The lowest BCUT2D eigenvalue weighted by Crippen LogP contribution is -2.15. The Morgan fingerprint density at radius 1 is 1.04 bits per heavy atom. The molecule has 28 heavy (non-hydrogen) atoms. The molecule has 0 saturated heterocycles. The molecule has 0 amide bonds. The summed E-state index contributed by atoms with van der Waals surface area (Å²) >= 11 is 0. The van der Waals surface area contributed by atoms with Gasteiger partial charge in [-0.05, 0) is 70.2 Å². The van der Waals surface area contributed by atoms with E-state index in [0.717, 1.165) is 0 Å². The van der Waals surface area contributed by atoms with Gasteiger partial charge >= 0.3 is 5.97 Å².